The van der Waals surface area contributed by atoms with Crippen LogP contribution in [0.25, 0.3) is 0 Å². The van der Waals surface area contributed by atoms with Crippen molar-refractivity contribution in [1.29, 1.82) is 0 Å². The minimum atomic E-state index is -3.57. The summed E-state index contributed by atoms with van der Waals surface area (Å²) in [6.45, 7) is 7.24. The third-order valence-electron chi connectivity index (χ3n) is 6.68. The quantitative estimate of drug-likeness (QED) is 0.587. The Bertz CT molecular complexity index is 971. The molecular weight excluding hydrogens is 444 g/mol. The lowest BCUT2D eigenvalue weighted by Crippen LogP contribution is -2.48. The number of hydrogen-bond donors (Lipinski definition) is 1. The van der Waals surface area contributed by atoms with E-state index in [4.69, 9.17) is 4.74 Å². The van der Waals surface area contributed by atoms with Gasteiger partial charge in [-0.05, 0) is 49.6 Å². The molecule has 0 bridgehead atoms. The van der Waals surface area contributed by atoms with Crippen LogP contribution in [0.15, 0.2) is 23.1 Å². The number of sulfonamides is 1. The first-order valence-electron chi connectivity index (χ1n) is 11.9. The van der Waals surface area contributed by atoms with Crippen molar-refractivity contribution in [3.8, 4) is 0 Å². The monoisotopic (exact) mass is 478 g/mol. The van der Waals surface area contributed by atoms with E-state index in [1.165, 1.54) is 16.1 Å². The van der Waals surface area contributed by atoms with Crippen molar-refractivity contribution in [1.82, 2.24) is 14.5 Å². The van der Waals surface area contributed by atoms with Crippen molar-refractivity contribution in [2.75, 3.05) is 57.4 Å². The number of morpholine rings is 1. The van der Waals surface area contributed by atoms with Gasteiger partial charge >= 0.3 is 0 Å². The second-order valence-corrected chi connectivity index (χ2v) is 10.9. The first-order chi connectivity index (χ1) is 15.9. The Kier molecular flexibility index (Phi) is 7.68. The number of nitrogens with zero attached hydrogens (tertiary/aromatic N) is 3. The molecule has 0 saturated carbocycles. The normalized spacial score (nSPS) is 22.2. The van der Waals surface area contributed by atoms with E-state index in [-0.39, 0.29) is 16.7 Å². The number of amides is 2. The van der Waals surface area contributed by atoms with Crippen LogP contribution in [0.1, 0.15) is 38.2 Å². The molecular formula is C23H34N4O5S. The second-order valence-electron chi connectivity index (χ2n) is 8.96. The summed E-state index contributed by atoms with van der Waals surface area (Å²) in [5.41, 5.74) is 1.34. The molecule has 3 aliphatic rings. The van der Waals surface area contributed by atoms with E-state index in [1.54, 1.807) is 18.2 Å². The van der Waals surface area contributed by atoms with Crippen molar-refractivity contribution in [3.63, 3.8) is 0 Å². The molecule has 0 unspecified atom stereocenters. The number of carbonyl (C=O) groups is 2. The third-order valence-corrected chi connectivity index (χ3v) is 8.58. The largest absolute Gasteiger partial charge is 0.379 e. The van der Waals surface area contributed by atoms with E-state index >= 15 is 0 Å². The fourth-order valence-corrected chi connectivity index (χ4v) is 6.47. The molecule has 182 valence electrons. The summed E-state index contributed by atoms with van der Waals surface area (Å²) in [6, 6.07) is 4.20. The summed E-state index contributed by atoms with van der Waals surface area (Å²) in [6.07, 6.45) is 3.93. The predicted molar refractivity (Wildman–Crippen MR) is 125 cm³/mol. The highest BCUT2D eigenvalue weighted by Gasteiger charge is 2.38. The minimum Gasteiger partial charge on any atom is -0.379 e. The van der Waals surface area contributed by atoms with Gasteiger partial charge in [-0.25, -0.2) is 8.42 Å². The molecule has 1 N–H and O–H groups in total. The van der Waals surface area contributed by atoms with E-state index in [9.17, 15) is 18.0 Å². The Balaban J connectivity index is 1.41. The van der Waals surface area contributed by atoms with Gasteiger partial charge in [0.25, 0.3) is 0 Å². The Morgan fingerprint density at radius 3 is 2.52 bits per heavy atom. The zero-order chi connectivity index (χ0) is 23.4. The lowest BCUT2D eigenvalue weighted by molar-refractivity contribution is -0.125. The SMILES string of the molecule is CC(=O)N1c2ccc(S(=O)(=O)N3CCCCC3)cc2C[C@H]1C(=O)NCCCN1CCOCC1. The molecule has 33 heavy (non-hydrogen) atoms. The van der Waals surface area contributed by atoms with Crippen LogP contribution in [0.5, 0.6) is 0 Å². The maximum absolute atomic E-state index is 13.1. The first-order valence-corrected chi connectivity index (χ1v) is 13.3. The van der Waals surface area contributed by atoms with Gasteiger partial charge in [0.15, 0.2) is 0 Å². The number of fused-ring (bicyclic) bond motifs is 1. The first kappa shape index (κ1) is 24.1. The summed E-state index contributed by atoms with van der Waals surface area (Å²) < 4.78 is 33.0. The van der Waals surface area contributed by atoms with Crippen LogP contribution in [0.3, 0.4) is 0 Å². The minimum absolute atomic E-state index is 0.205. The highest BCUT2D eigenvalue weighted by Crippen LogP contribution is 2.35. The third kappa shape index (κ3) is 5.40. The molecule has 10 heteroatoms. The van der Waals surface area contributed by atoms with Crippen molar-refractivity contribution in [2.45, 2.75) is 50.0 Å². The lowest BCUT2D eigenvalue weighted by atomic mass is 10.1. The molecule has 9 nitrogen and oxygen atoms in total. The van der Waals surface area contributed by atoms with Crippen LogP contribution in [0, 0.1) is 0 Å². The van der Waals surface area contributed by atoms with Gasteiger partial charge in [-0.3, -0.25) is 19.4 Å². The number of ether oxygens (including phenoxy) is 1. The van der Waals surface area contributed by atoms with Crippen molar-refractivity contribution in [2.24, 2.45) is 0 Å². The van der Waals surface area contributed by atoms with Crippen LogP contribution >= 0.6 is 0 Å². The zero-order valence-corrected chi connectivity index (χ0v) is 20.1. The fraction of sp³-hybridized carbons (Fsp3) is 0.652. The number of hydrogen-bond acceptors (Lipinski definition) is 6. The molecule has 1 aromatic carbocycles. The molecule has 3 aliphatic heterocycles. The highest BCUT2D eigenvalue weighted by molar-refractivity contribution is 7.89. The molecule has 3 heterocycles. The molecule has 2 amide bonds. The number of anilines is 1. The van der Waals surface area contributed by atoms with Crippen LogP contribution in [0.2, 0.25) is 0 Å². The summed E-state index contributed by atoms with van der Waals surface area (Å²) in [5.74, 6) is -0.433. The molecule has 1 atom stereocenters. The van der Waals surface area contributed by atoms with Crippen LogP contribution in [-0.4, -0.2) is 88.0 Å². The highest BCUT2D eigenvalue weighted by atomic mass is 32.2. The second kappa shape index (κ2) is 10.5. The van der Waals surface area contributed by atoms with Crippen LogP contribution < -0.4 is 10.2 Å². The van der Waals surface area contributed by atoms with Crippen molar-refractivity contribution in [3.05, 3.63) is 23.8 Å². The van der Waals surface area contributed by atoms with E-state index in [2.05, 4.69) is 10.2 Å². The molecule has 4 rings (SSSR count). The summed E-state index contributed by atoms with van der Waals surface area (Å²) in [4.78, 5) is 29.4. The van der Waals surface area contributed by atoms with E-state index in [0.29, 0.717) is 31.7 Å². The molecule has 0 aliphatic carbocycles. The number of nitrogens with one attached hydrogen (secondary N) is 1. The summed E-state index contributed by atoms with van der Waals surface area (Å²) >= 11 is 0. The molecule has 0 aromatic heterocycles. The van der Waals surface area contributed by atoms with Gasteiger partial charge in [0.2, 0.25) is 21.8 Å². The van der Waals surface area contributed by atoms with Crippen LogP contribution in [-0.2, 0) is 30.8 Å². The Hall–Kier alpha value is -2.01. The van der Waals surface area contributed by atoms with Crippen molar-refractivity contribution < 1.29 is 22.7 Å². The average molecular weight is 479 g/mol. The number of rotatable bonds is 7. The maximum atomic E-state index is 13.1. The average Bonchev–Trinajstić information content (AvgIpc) is 3.22. The smallest absolute Gasteiger partial charge is 0.243 e. The molecule has 2 saturated heterocycles. The number of piperidine rings is 1. The van der Waals surface area contributed by atoms with E-state index in [0.717, 1.165) is 64.1 Å². The molecule has 1 aromatic rings. The topological polar surface area (TPSA) is 99.3 Å². The molecule has 2 fully saturated rings. The Labute approximate surface area is 196 Å². The van der Waals surface area contributed by atoms with Gasteiger partial charge in [0, 0.05) is 51.8 Å². The van der Waals surface area contributed by atoms with E-state index in [1.807, 2.05) is 0 Å². The van der Waals surface area contributed by atoms with E-state index < -0.39 is 16.1 Å². The Morgan fingerprint density at radius 2 is 1.82 bits per heavy atom. The predicted octanol–water partition coefficient (Wildman–Crippen LogP) is 0.977. The lowest BCUT2D eigenvalue weighted by Gasteiger charge is -2.27. The van der Waals surface area contributed by atoms with Gasteiger partial charge in [-0.1, -0.05) is 6.42 Å². The van der Waals surface area contributed by atoms with Gasteiger partial charge in [0.05, 0.1) is 18.1 Å². The number of benzene rings is 1. The van der Waals surface area contributed by atoms with Gasteiger partial charge in [0.1, 0.15) is 6.04 Å². The van der Waals surface area contributed by atoms with Gasteiger partial charge in [-0.2, -0.15) is 4.31 Å². The number of carbonyl (C=O) groups excluding carboxylic acids is 2. The standard InChI is InChI=1S/C23H34N4O5S/c1-18(28)27-21-7-6-20(33(30,31)26-10-3-2-4-11-26)16-19(21)17-22(27)23(29)24-8-5-9-25-12-14-32-15-13-25/h6-7,16,22H,2-5,8-15,17H2,1H3,(H,24,29)/t22-/m0/s1. The van der Waals surface area contributed by atoms with Crippen molar-refractivity contribution >= 4 is 27.5 Å². The molecule has 0 radical (unpaired) electrons. The van der Waals surface area contributed by atoms with Gasteiger partial charge in [-0.15, -0.1) is 0 Å². The summed E-state index contributed by atoms with van der Waals surface area (Å²) in [7, 11) is -3.57. The molecule has 0 spiro atoms. The maximum Gasteiger partial charge on any atom is 0.243 e. The van der Waals surface area contributed by atoms with Gasteiger partial charge < -0.3 is 10.1 Å². The zero-order valence-electron chi connectivity index (χ0n) is 19.3. The fourth-order valence-electron chi connectivity index (χ4n) is 4.90. The summed E-state index contributed by atoms with van der Waals surface area (Å²) in [5, 5.41) is 2.96. The van der Waals surface area contributed by atoms with Crippen LogP contribution in [0.4, 0.5) is 5.69 Å². The Morgan fingerprint density at radius 1 is 1.09 bits per heavy atom.